The highest BCUT2D eigenvalue weighted by molar-refractivity contribution is 7.99. The summed E-state index contributed by atoms with van der Waals surface area (Å²) in [6.45, 7) is 7.04. The molecule has 0 aliphatic heterocycles. The van der Waals surface area contributed by atoms with Crippen LogP contribution in [0.4, 0.5) is 5.00 Å². The van der Waals surface area contributed by atoms with Gasteiger partial charge in [0.2, 0.25) is 5.91 Å². The molecule has 2 heterocycles. The van der Waals surface area contributed by atoms with Gasteiger partial charge in [-0.15, -0.1) is 21.5 Å². The number of anilines is 1. The first-order chi connectivity index (χ1) is 16.4. The van der Waals surface area contributed by atoms with E-state index in [1.54, 1.807) is 0 Å². The first kappa shape index (κ1) is 24.3. The zero-order valence-corrected chi connectivity index (χ0v) is 21.4. The average Bonchev–Trinajstić information content (AvgIpc) is 3.52. The van der Waals surface area contributed by atoms with Crippen molar-refractivity contribution in [3.63, 3.8) is 0 Å². The van der Waals surface area contributed by atoms with E-state index in [-0.39, 0.29) is 11.7 Å². The van der Waals surface area contributed by atoms with E-state index < -0.39 is 5.97 Å². The molecule has 180 valence electrons. The summed E-state index contributed by atoms with van der Waals surface area (Å²) in [7, 11) is 1.36. The first-order valence-electron chi connectivity index (χ1n) is 11.2. The fraction of sp³-hybridized carbons (Fsp3) is 0.417. The maximum absolute atomic E-state index is 12.7. The Bertz CT molecular complexity index is 1220. The van der Waals surface area contributed by atoms with Gasteiger partial charge in [-0.1, -0.05) is 23.9 Å². The molecule has 2 aromatic heterocycles. The number of aromatic nitrogens is 3. The van der Waals surface area contributed by atoms with Crippen molar-refractivity contribution >= 4 is 40.0 Å². The van der Waals surface area contributed by atoms with Crippen LogP contribution in [0.1, 0.15) is 51.1 Å². The number of hydrogen-bond donors (Lipinski definition) is 1. The standard InChI is InChI=1S/C24H28N4O4S2/c1-5-28-19(12-32-17-10-6-8-14(2)15(17)3)26-27-24(28)33-13-20(29)25-22-21(23(30)31-4)16-9-7-11-18(16)34-22/h6,8,10H,5,7,9,11-13H2,1-4H3,(H,25,29). The molecule has 0 bridgehead atoms. The fourth-order valence-corrected chi connectivity index (χ4v) is 6.09. The predicted octanol–water partition coefficient (Wildman–Crippen LogP) is 4.56. The Morgan fingerprint density at radius 3 is 2.82 bits per heavy atom. The molecule has 0 unspecified atom stereocenters. The lowest BCUT2D eigenvalue weighted by molar-refractivity contribution is -0.113. The zero-order chi connectivity index (χ0) is 24.2. The second-order valence-corrected chi connectivity index (χ2v) is 10.1. The number of nitrogens with one attached hydrogen (secondary N) is 1. The van der Waals surface area contributed by atoms with Gasteiger partial charge in [-0.2, -0.15) is 0 Å². The van der Waals surface area contributed by atoms with E-state index in [2.05, 4.69) is 28.5 Å². The molecule has 0 atom stereocenters. The van der Waals surface area contributed by atoms with Crippen molar-refractivity contribution in [3.05, 3.63) is 51.2 Å². The molecular weight excluding hydrogens is 472 g/mol. The van der Waals surface area contributed by atoms with E-state index in [9.17, 15) is 9.59 Å². The minimum absolute atomic E-state index is 0.152. The van der Waals surface area contributed by atoms with Crippen LogP contribution in [0.3, 0.4) is 0 Å². The van der Waals surface area contributed by atoms with Gasteiger partial charge in [-0.3, -0.25) is 4.79 Å². The minimum atomic E-state index is -0.401. The number of methoxy groups -OCH3 is 1. The Hall–Kier alpha value is -2.85. The number of nitrogens with zero attached hydrogens (tertiary/aromatic N) is 3. The summed E-state index contributed by atoms with van der Waals surface area (Å²) in [6, 6.07) is 5.96. The van der Waals surface area contributed by atoms with Gasteiger partial charge < -0.3 is 19.4 Å². The number of fused-ring (bicyclic) bond motifs is 1. The van der Waals surface area contributed by atoms with Crippen LogP contribution in [0.2, 0.25) is 0 Å². The van der Waals surface area contributed by atoms with Crippen LogP contribution in [0.25, 0.3) is 0 Å². The van der Waals surface area contributed by atoms with Crippen LogP contribution in [-0.2, 0) is 35.5 Å². The predicted molar refractivity (Wildman–Crippen MR) is 133 cm³/mol. The molecule has 1 amide bonds. The lowest BCUT2D eigenvalue weighted by Gasteiger charge is -2.11. The van der Waals surface area contributed by atoms with Crippen LogP contribution in [-0.4, -0.2) is 39.5 Å². The third kappa shape index (κ3) is 4.97. The van der Waals surface area contributed by atoms with Crippen LogP contribution < -0.4 is 10.1 Å². The van der Waals surface area contributed by atoms with Crippen LogP contribution in [0.5, 0.6) is 5.75 Å². The van der Waals surface area contributed by atoms with Crippen molar-refractivity contribution < 1.29 is 19.1 Å². The van der Waals surface area contributed by atoms with Crippen molar-refractivity contribution in [3.8, 4) is 5.75 Å². The summed E-state index contributed by atoms with van der Waals surface area (Å²) in [5.74, 6) is 1.08. The molecule has 8 nitrogen and oxygen atoms in total. The molecule has 10 heteroatoms. The number of thioether (sulfide) groups is 1. The first-order valence-corrected chi connectivity index (χ1v) is 13.0. The molecule has 0 fully saturated rings. The minimum Gasteiger partial charge on any atom is -0.485 e. The number of amides is 1. The molecule has 1 aliphatic rings. The largest absolute Gasteiger partial charge is 0.485 e. The molecule has 0 spiro atoms. The van der Waals surface area contributed by atoms with Gasteiger partial charge in [-0.25, -0.2) is 4.79 Å². The third-order valence-corrected chi connectivity index (χ3v) is 8.09. The summed E-state index contributed by atoms with van der Waals surface area (Å²) < 4.78 is 12.9. The smallest absolute Gasteiger partial charge is 0.341 e. The second-order valence-electron chi connectivity index (χ2n) is 8.02. The van der Waals surface area contributed by atoms with Gasteiger partial charge in [0.1, 0.15) is 17.4 Å². The van der Waals surface area contributed by atoms with E-state index >= 15 is 0 Å². The number of hydrogen-bond acceptors (Lipinski definition) is 8. The molecular formula is C24H28N4O4S2. The van der Waals surface area contributed by atoms with Gasteiger partial charge in [0.25, 0.3) is 0 Å². The Morgan fingerprint density at radius 2 is 2.06 bits per heavy atom. The number of esters is 1. The van der Waals surface area contributed by atoms with E-state index in [0.717, 1.165) is 41.0 Å². The SMILES string of the molecule is CCn1c(COc2cccc(C)c2C)nnc1SCC(=O)Nc1sc2c(c1C(=O)OC)CCC2. The molecule has 0 saturated heterocycles. The average molecular weight is 501 g/mol. The molecule has 34 heavy (non-hydrogen) atoms. The highest BCUT2D eigenvalue weighted by atomic mass is 32.2. The van der Waals surface area contributed by atoms with Crippen LogP contribution >= 0.6 is 23.1 Å². The number of carbonyl (C=O) groups is 2. The molecule has 4 rings (SSSR count). The number of thiophene rings is 1. The maximum atomic E-state index is 12.7. The van der Waals surface area contributed by atoms with Gasteiger partial charge >= 0.3 is 5.97 Å². The quantitative estimate of drug-likeness (QED) is 0.340. The summed E-state index contributed by atoms with van der Waals surface area (Å²) in [6.07, 6.45) is 2.80. The summed E-state index contributed by atoms with van der Waals surface area (Å²) >= 11 is 2.78. The van der Waals surface area contributed by atoms with Gasteiger partial charge in [0.05, 0.1) is 18.4 Å². The van der Waals surface area contributed by atoms with E-state index in [4.69, 9.17) is 9.47 Å². The Kier molecular flexibility index (Phi) is 7.57. The highest BCUT2D eigenvalue weighted by Crippen LogP contribution is 2.39. The normalized spacial score (nSPS) is 12.5. The zero-order valence-electron chi connectivity index (χ0n) is 19.8. The molecule has 0 saturated carbocycles. The Balaban J connectivity index is 1.40. The van der Waals surface area contributed by atoms with E-state index in [1.165, 1.54) is 35.8 Å². The Labute approximate surface area is 207 Å². The molecule has 1 N–H and O–H groups in total. The summed E-state index contributed by atoms with van der Waals surface area (Å²) in [4.78, 5) is 26.2. The van der Waals surface area contributed by atoms with Crippen molar-refractivity contribution in [2.24, 2.45) is 0 Å². The highest BCUT2D eigenvalue weighted by Gasteiger charge is 2.28. The van der Waals surface area contributed by atoms with Gasteiger partial charge in [-0.05, 0) is 62.8 Å². The topological polar surface area (TPSA) is 95.3 Å². The van der Waals surface area contributed by atoms with Crippen LogP contribution in [0, 0.1) is 13.8 Å². The van der Waals surface area contributed by atoms with Crippen molar-refractivity contribution in [1.82, 2.24) is 14.8 Å². The lowest BCUT2D eigenvalue weighted by atomic mass is 10.1. The molecule has 1 aliphatic carbocycles. The number of benzene rings is 1. The van der Waals surface area contributed by atoms with Crippen molar-refractivity contribution in [1.29, 1.82) is 0 Å². The second kappa shape index (κ2) is 10.6. The van der Waals surface area contributed by atoms with Gasteiger partial charge in [0.15, 0.2) is 11.0 Å². The van der Waals surface area contributed by atoms with Gasteiger partial charge in [0, 0.05) is 11.4 Å². The van der Waals surface area contributed by atoms with Crippen LogP contribution in [0.15, 0.2) is 23.4 Å². The number of ether oxygens (including phenoxy) is 2. The summed E-state index contributed by atoms with van der Waals surface area (Å²) in [5, 5.41) is 12.7. The fourth-order valence-electron chi connectivity index (χ4n) is 3.98. The lowest BCUT2D eigenvalue weighted by Crippen LogP contribution is -2.17. The third-order valence-electron chi connectivity index (χ3n) is 5.92. The van der Waals surface area contributed by atoms with Crippen molar-refractivity contribution in [2.45, 2.75) is 58.3 Å². The molecule has 3 aromatic rings. The molecule has 0 radical (unpaired) electrons. The number of rotatable bonds is 9. The molecule has 1 aromatic carbocycles. The van der Waals surface area contributed by atoms with Crippen molar-refractivity contribution in [2.75, 3.05) is 18.2 Å². The van der Waals surface area contributed by atoms with E-state index in [1.807, 2.05) is 30.5 Å². The number of aryl methyl sites for hydroxylation is 2. The monoisotopic (exact) mass is 500 g/mol. The maximum Gasteiger partial charge on any atom is 0.341 e. The number of carbonyl (C=O) groups excluding carboxylic acids is 2. The van der Waals surface area contributed by atoms with E-state index in [0.29, 0.717) is 34.7 Å². The summed E-state index contributed by atoms with van der Waals surface area (Å²) in [5.41, 5.74) is 3.78. The Morgan fingerprint density at radius 1 is 1.24 bits per heavy atom.